The maximum atomic E-state index is 13.9. The van der Waals surface area contributed by atoms with Gasteiger partial charge in [-0.15, -0.1) is 21.5 Å². The van der Waals surface area contributed by atoms with Gasteiger partial charge in [-0.3, -0.25) is 0 Å². The van der Waals surface area contributed by atoms with E-state index in [0.29, 0.717) is 11.5 Å². The smallest absolute Gasteiger partial charge is 0.207 e. The lowest BCUT2D eigenvalue weighted by Gasteiger charge is -2.22. The molecule has 1 N–H and O–H groups in total. The van der Waals surface area contributed by atoms with E-state index in [1.54, 1.807) is 23.5 Å². The Morgan fingerprint density at radius 3 is 2.91 bits per heavy atom. The number of nitrogens with one attached hydrogen (secondary N) is 1. The second-order valence-electron chi connectivity index (χ2n) is 5.39. The zero-order valence-corrected chi connectivity index (χ0v) is 12.9. The van der Waals surface area contributed by atoms with Gasteiger partial charge in [0, 0.05) is 16.9 Å². The van der Waals surface area contributed by atoms with E-state index >= 15 is 0 Å². The average molecular weight is 325 g/mol. The molecule has 2 heterocycles. The molecule has 0 aliphatic heterocycles. The van der Waals surface area contributed by atoms with E-state index in [2.05, 4.69) is 42.8 Å². The predicted molar refractivity (Wildman–Crippen MR) is 84.3 cm³/mol. The van der Waals surface area contributed by atoms with Gasteiger partial charge < -0.3 is 0 Å². The van der Waals surface area contributed by atoms with Crippen LogP contribution in [-0.4, -0.2) is 25.6 Å². The maximum absolute atomic E-state index is 13.9. The Morgan fingerprint density at radius 2 is 2.17 bits per heavy atom. The number of H-pyrrole nitrogens is 1. The average Bonchev–Trinajstić information content (AvgIpc) is 3.16. The number of aromatic nitrogens is 5. The second-order valence-corrected chi connectivity index (χ2v) is 6.24. The first-order valence-electron chi connectivity index (χ1n) is 7.30. The first-order chi connectivity index (χ1) is 11.3. The summed E-state index contributed by atoms with van der Waals surface area (Å²) < 4.78 is 13.9. The van der Waals surface area contributed by atoms with E-state index in [0.717, 1.165) is 10.7 Å². The molecule has 3 aromatic rings. The summed E-state index contributed by atoms with van der Waals surface area (Å²) in [6, 6.07) is 4.61. The minimum absolute atomic E-state index is 0.215. The molecule has 1 aliphatic carbocycles. The van der Waals surface area contributed by atoms with Crippen LogP contribution in [0.3, 0.4) is 0 Å². The molecular weight excluding hydrogens is 313 g/mol. The predicted octanol–water partition coefficient (Wildman–Crippen LogP) is 3.13. The Labute approximate surface area is 136 Å². The van der Waals surface area contributed by atoms with Crippen molar-refractivity contribution in [2.45, 2.75) is 25.2 Å². The van der Waals surface area contributed by atoms with Crippen molar-refractivity contribution in [1.82, 2.24) is 25.6 Å². The molecule has 0 amide bonds. The molecule has 23 heavy (non-hydrogen) atoms. The van der Waals surface area contributed by atoms with E-state index in [9.17, 15) is 4.39 Å². The molecular formula is C16H12FN5S. The van der Waals surface area contributed by atoms with Gasteiger partial charge in [0.15, 0.2) is 5.01 Å². The van der Waals surface area contributed by atoms with Crippen LogP contribution in [0.25, 0.3) is 11.4 Å². The van der Waals surface area contributed by atoms with Crippen LogP contribution >= 0.6 is 11.3 Å². The molecule has 0 radical (unpaired) electrons. The summed E-state index contributed by atoms with van der Waals surface area (Å²) >= 11 is 1.55. The molecule has 7 heteroatoms. The molecule has 0 spiro atoms. The van der Waals surface area contributed by atoms with Crippen molar-refractivity contribution in [3.05, 3.63) is 45.7 Å². The van der Waals surface area contributed by atoms with Crippen LogP contribution in [0.2, 0.25) is 0 Å². The number of hydrogen-bond donors (Lipinski definition) is 1. The van der Waals surface area contributed by atoms with Crippen molar-refractivity contribution >= 4 is 11.3 Å². The van der Waals surface area contributed by atoms with Gasteiger partial charge in [-0.25, -0.2) is 9.37 Å². The van der Waals surface area contributed by atoms with Crippen LogP contribution in [0.4, 0.5) is 4.39 Å². The Kier molecular flexibility index (Phi) is 3.60. The largest absolute Gasteiger partial charge is 0.232 e. The van der Waals surface area contributed by atoms with E-state index in [1.165, 1.54) is 25.3 Å². The van der Waals surface area contributed by atoms with Gasteiger partial charge in [0.2, 0.25) is 5.82 Å². The van der Waals surface area contributed by atoms with Gasteiger partial charge in [-0.05, 0) is 42.2 Å². The van der Waals surface area contributed by atoms with Crippen molar-refractivity contribution in [3.8, 4) is 23.2 Å². The molecule has 1 aromatic carbocycles. The van der Waals surface area contributed by atoms with Crippen LogP contribution in [0.15, 0.2) is 23.6 Å². The highest BCUT2D eigenvalue weighted by Gasteiger charge is 2.21. The van der Waals surface area contributed by atoms with Gasteiger partial charge >= 0.3 is 0 Å². The molecule has 4 rings (SSSR count). The molecule has 2 aromatic heterocycles. The summed E-state index contributed by atoms with van der Waals surface area (Å²) in [5.41, 5.74) is 2.11. The molecule has 1 saturated carbocycles. The monoisotopic (exact) mass is 325 g/mol. The Balaban J connectivity index is 1.60. The fourth-order valence-electron chi connectivity index (χ4n) is 2.41. The molecule has 0 unspecified atom stereocenters. The van der Waals surface area contributed by atoms with E-state index in [4.69, 9.17) is 0 Å². The highest BCUT2D eigenvalue weighted by Crippen LogP contribution is 2.36. The van der Waals surface area contributed by atoms with E-state index in [-0.39, 0.29) is 11.4 Å². The number of hydrogen-bond acceptors (Lipinski definition) is 5. The summed E-state index contributed by atoms with van der Waals surface area (Å²) in [7, 11) is 0. The first-order valence-corrected chi connectivity index (χ1v) is 8.18. The highest BCUT2D eigenvalue weighted by atomic mass is 32.1. The van der Waals surface area contributed by atoms with Crippen molar-refractivity contribution in [3.63, 3.8) is 0 Å². The third-order valence-corrected chi connectivity index (χ3v) is 4.69. The number of thiazole rings is 1. The topological polar surface area (TPSA) is 67.3 Å². The quantitative estimate of drug-likeness (QED) is 0.735. The first kappa shape index (κ1) is 14.0. The van der Waals surface area contributed by atoms with Gasteiger partial charge in [0.25, 0.3) is 0 Å². The molecule has 114 valence electrons. The number of tetrazole rings is 1. The van der Waals surface area contributed by atoms with Crippen molar-refractivity contribution in [2.75, 3.05) is 0 Å². The second kappa shape index (κ2) is 5.89. The van der Waals surface area contributed by atoms with Crippen LogP contribution in [0.5, 0.6) is 0 Å². The summed E-state index contributed by atoms with van der Waals surface area (Å²) in [5.74, 6) is 6.49. The summed E-state index contributed by atoms with van der Waals surface area (Å²) in [5, 5.41) is 16.2. The molecule has 1 fully saturated rings. The van der Waals surface area contributed by atoms with Gasteiger partial charge in [0.1, 0.15) is 5.82 Å². The zero-order valence-electron chi connectivity index (χ0n) is 12.1. The number of halogens is 1. The molecule has 0 bridgehead atoms. The van der Waals surface area contributed by atoms with Gasteiger partial charge in [0.05, 0.1) is 11.3 Å². The SMILES string of the molecule is Fc1ccc(C#Cc2nc(C3CCC3)cs2)cc1-c1nn[nH]n1. The number of aromatic amines is 1. The standard InChI is InChI=1S/C16H12FN5S/c17-13-6-4-10(8-12(13)16-19-21-22-20-16)5-7-15-18-14(9-23-15)11-2-1-3-11/h4,6,8-9,11H,1-3H2,(H,19,20,21,22). The van der Waals surface area contributed by atoms with Crippen molar-refractivity contribution in [2.24, 2.45) is 0 Å². The Bertz CT molecular complexity index is 887. The summed E-state index contributed by atoms with van der Waals surface area (Å²) in [6.45, 7) is 0. The van der Waals surface area contributed by atoms with Crippen molar-refractivity contribution < 1.29 is 4.39 Å². The molecule has 1 aliphatic rings. The molecule has 5 nitrogen and oxygen atoms in total. The summed E-state index contributed by atoms with van der Waals surface area (Å²) in [6.07, 6.45) is 3.74. The fourth-order valence-corrected chi connectivity index (χ4v) is 3.16. The van der Waals surface area contributed by atoms with Crippen LogP contribution in [0.1, 0.15) is 41.4 Å². The maximum Gasteiger partial charge on any atom is 0.207 e. The molecule has 0 atom stereocenters. The van der Waals surface area contributed by atoms with E-state index < -0.39 is 5.82 Å². The Hall–Kier alpha value is -2.59. The van der Waals surface area contributed by atoms with Crippen LogP contribution in [0, 0.1) is 17.7 Å². The number of benzene rings is 1. The van der Waals surface area contributed by atoms with Crippen LogP contribution < -0.4 is 0 Å². The number of rotatable bonds is 2. The highest BCUT2D eigenvalue weighted by molar-refractivity contribution is 7.10. The Morgan fingerprint density at radius 1 is 1.26 bits per heavy atom. The summed E-state index contributed by atoms with van der Waals surface area (Å²) in [4.78, 5) is 4.57. The van der Waals surface area contributed by atoms with Gasteiger partial charge in [-0.1, -0.05) is 12.3 Å². The molecule has 0 saturated heterocycles. The minimum Gasteiger partial charge on any atom is -0.232 e. The lowest BCUT2D eigenvalue weighted by molar-refractivity contribution is 0.412. The minimum atomic E-state index is -0.404. The van der Waals surface area contributed by atoms with Gasteiger partial charge in [-0.2, -0.15) is 5.21 Å². The lowest BCUT2D eigenvalue weighted by atomic mass is 9.83. The lowest BCUT2D eigenvalue weighted by Crippen LogP contribution is -2.08. The van der Waals surface area contributed by atoms with Crippen molar-refractivity contribution in [1.29, 1.82) is 0 Å². The number of nitrogens with zero attached hydrogens (tertiary/aromatic N) is 4. The zero-order chi connectivity index (χ0) is 15.6. The van der Waals surface area contributed by atoms with Crippen LogP contribution in [-0.2, 0) is 0 Å². The fraction of sp³-hybridized carbons (Fsp3) is 0.250. The van der Waals surface area contributed by atoms with E-state index in [1.807, 2.05) is 0 Å². The normalized spacial score (nSPS) is 14.1. The third-order valence-electron chi connectivity index (χ3n) is 3.91. The third kappa shape index (κ3) is 2.85.